The molecule has 0 atom stereocenters. The maximum atomic E-state index is 13.6. The van der Waals surface area contributed by atoms with Crippen molar-refractivity contribution in [2.75, 3.05) is 19.3 Å². The van der Waals surface area contributed by atoms with Crippen molar-refractivity contribution < 1.29 is 25.6 Å². The van der Waals surface area contributed by atoms with Crippen molar-refractivity contribution in [2.24, 2.45) is 0 Å². The molecule has 0 bridgehead atoms. The Kier molecular flexibility index (Phi) is 4.36. The molecule has 1 aromatic carbocycles. The van der Waals surface area contributed by atoms with Crippen LogP contribution < -0.4 is 0 Å². The standard InChI is InChI=1S/C12H15F2NO4S2/c1-20(16,17)10-4-6-15(7-5-10)21(18,19)12-3-2-9(13)8-11(12)14/h2-3,8,10H,4-7H2,1H3. The Labute approximate surface area is 122 Å². The fourth-order valence-corrected chi connectivity index (χ4v) is 4.91. The van der Waals surface area contributed by atoms with E-state index in [1.54, 1.807) is 0 Å². The Balaban J connectivity index is 2.23. The fraction of sp³-hybridized carbons (Fsp3) is 0.500. The fourth-order valence-electron chi connectivity index (χ4n) is 2.32. The Hall–Kier alpha value is -1.06. The monoisotopic (exact) mass is 339 g/mol. The van der Waals surface area contributed by atoms with E-state index in [1.165, 1.54) is 0 Å². The first-order valence-electron chi connectivity index (χ1n) is 6.26. The zero-order valence-corrected chi connectivity index (χ0v) is 12.9. The van der Waals surface area contributed by atoms with E-state index < -0.39 is 41.6 Å². The summed E-state index contributed by atoms with van der Waals surface area (Å²) in [5.41, 5.74) is 0. The molecule has 118 valence electrons. The van der Waals surface area contributed by atoms with E-state index in [0.717, 1.165) is 22.7 Å². The summed E-state index contributed by atoms with van der Waals surface area (Å²) in [6, 6.07) is 2.26. The molecule has 1 heterocycles. The van der Waals surface area contributed by atoms with Gasteiger partial charge in [0.15, 0.2) is 0 Å². The van der Waals surface area contributed by atoms with Gasteiger partial charge in [-0.1, -0.05) is 0 Å². The lowest BCUT2D eigenvalue weighted by atomic mass is 10.2. The molecular formula is C12H15F2NO4S2. The van der Waals surface area contributed by atoms with Gasteiger partial charge in [0.25, 0.3) is 0 Å². The van der Waals surface area contributed by atoms with Gasteiger partial charge in [-0.2, -0.15) is 4.31 Å². The first-order valence-corrected chi connectivity index (χ1v) is 9.66. The molecule has 1 aliphatic heterocycles. The predicted molar refractivity (Wildman–Crippen MR) is 73.0 cm³/mol. The molecule has 0 spiro atoms. The van der Waals surface area contributed by atoms with Crippen LogP contribution in [0.4, 0.5) is 8.78 Å². The van der Waals surface area contributed by atoms with Crippen molar-refractivity contribution in [1.29, 1.82) is 0 Å². The molecule has 1 aliphatic rings. The molecule has 5 nitrogen and oxygen atoms in total. The highest BCUT2D eigenvalue weighted by atomic mass is 32.2. The Morgan fingerprint density at radius 2 is 1.67 bits per heavy atom. The van der Waals surface area contributed by atoms with Crippen LogP contribution >= 0.6 is 0 Å². The summed E-state index contributed by atoms with van der Waals surface area (Å²) < 4.78 is 75.0. The molecule has 0 amide bonds. The molecule has 1 saturated heterocycles. The second kappa shape index (κ2) is 5.62. The second-order valence-electron chi connectivity index (χ2n) is 5.01. The third-order valence-corrected chi connectivity index (χ3v) is 7.13. The van der Waals surface area contributed by atoms with Crippen LogP contribution in [0.2, 0.25) is 0 Å². The quantitative estimate of drug-likeness (QED) is 0.829. The summed E-state index contributed by atoms with van der Waals surface area (Å²) in [5.74, 6) is -2.01. The van der Waals surface area contributed by atoms with Crippen molar-refractivity contribution in [1.82, 2.24) is 4.31 Å². The van der Waals surface area contributed by atoms with E-state index in [0.29, 0.717) is 6.07 Å². The van der Waals surface area contributed by atoms with Crippen LogP contribution in [0.25, 0.3) is 0 Å². The van der Waals surface area contributed by atoms with Gasteiger partial charge >= 0.3 is 0 Å². The highest BCUT2D eigenvalue weighted by Gasteiger charge is 2.34. The van der Waals surface area contributed by atoms with Crippen molar-refractivity contribution in [3.05, 3.63) is 29.8 Å². The number of nitrogens with zero attached hydrogens (tertiary/aromatic N) is 1. The molecule has 0 aromatic heterocycles. The van der Waals surface area contributed by atoms with Gasteiger partial charge in [0, 0.05) is 25.4 Å². The molecule has 1 fully saturated rings. The second-order valence-corrected chi connectivity index (χ2v) is 9.24. The number of sulfonamides is 1. The SMILES string of the molecule is CS(=O)(=O)C1CCN(S(=O)(=O)c2ccc(F)cc2F)CC1. The number of benzene rings is 1. The smallest absolute Gasteiger partial charge is 0.229 e. The Morgan fingerprint density at radius 3 is 2.14 bits per heavy atom. The number of piperidine rings is 1. The molecule has 1 aromatic rings. The normalized spacial score (nSPS) is 18.8. The number of halogens is 2. The number of sulfone groups is 1. The zero-order valence-electron chi connectivity index (χ0n) is 11.3. The molecule has 21 heavy (non-hydrogen) atoms. The Morgan fingerprint density at radius 1 is 1.10 bits per heavy atom. The van der Waals surface area contributed by atoms with Gasteiger partial charge in [-0.3, -0.25) is 0 Å². The summed E-state index contributed by atoms with van der Waals surface area (Å²) >= 11 is 0. The maximum absolute atomic E-state index is 13.6. The zero-order chi connectivity index (χ0) is 15.8. The minimum Gasteiger partial charge on any atom is -0.229 e. The maximum Gasteiger partial charge on any atom is 0.245 e. The average Bonchev–Trinajstić information content (AvgIpc) is 2.37. The lowest BCUT2D eigenvalue weighted by Gasteiger charge is -2.30. The lowest BCUT2D eigenvalue weighted by molar-refractivity contribution is 0.344. The van der Waals surface area contributed by atoms with Crippen LogP contribution in [0.3, 0.4) is 0 Å². The van der Waals surface area contributed by atoms with E-state index in [2.05, 4.69) is 0 Å². The third kappa shape index (κ3) is 3.41. The highest BCUT2D eigenvalue weighted by Crippen LogP contribution is 2.25. The summed E-state index contributed by atoms with van der Waals surface area (Å²) in [7, 11) is -7.30. The highest BCUT2D eigenvalue weighted by molar-refractivity contribution is 7.91. The topological polar surface area (TPSA) is 71.5 Å². The first-order chi connectivity index (χ1) is 9.62. The van der Waals surface area contributed by atoms with Gasteiger partial charge in [-0.05, 0) is 25.0 Å². The summed E-state index contributed by atoms with van der Waals surface area (Å²) in [6.45, 7) is -0.00618. The van der Waals surface area contributed by atoms with E-state index in [9.17, 15) is 25.6 Å². The van der Waals surface area contributed by atoms with Crippen molar-refractivity contribution >= 4 is 19.9 Å². The Bertz CT molecular complexity index is 739. The van der Waals surface area contributed by atoms with E-state index in [1.807, 2.05) is 0 Å². The van der Waals surface area contributed by atoms with Gasteiger partial charge in [0.05, 0.1) is 5.25 Å². The number of hydrogen-bond acceptors (Lipinski definition) is 4. The van der Waals surface area contributed by atoms with Crippen LogP contribution in [0.1, 0.15) is 12.8 Å². The van der Waals surface area contributed by atoms with Crippen LogP contribution in [-0.2, 0) is 19.9 Å². The number of rotatable bonds is 3. The largest absolute Gasteiger partial charge is 0.245 e. The van der Waals surface area contributed by atoms with E-state index in [-0.39, 0.29) is 25.9 Å². The van der Waals surface area contributed by atoms with Crippen LogP contribution in [0.15, 0.2) is 23.1 Å². The van der Waals surface area contributed by atoms with Crippen molar-refractivity contribution in [2.45, 2.75) is 23.0 Å². The predicted octanol–water partition coefficient (Wildman–Crippen LogP) is 1.16. The first kappa shape index (κ1) is 16.3. The van der Waals surface area contributed by atoms with Crippen LogP contribution in [0.5, 0.6) is 0 Å². The van der Waals surface area contributed by atoms with Gasteiger partial charge < -0.3 is 0 Å². The molecule has 0 radical (unpaired) electrons. The molecular weight excluding hydrogens is 324 g/mol. The van der Waals surface area contributed by atoms with E-state index >= 15 is 0 Å². The van der Waals surface area contributed by atoms with Crippen LogP contribution in [-0.4, -0.2) is 45.7 Å². The van der Waals surface area contributed by atoms with Gasteiger partial charge in [0.2, 0.25) is 10.0 Å². The van der Waals surface area contributed by atoms with Gasteiger partial charge in [-0.15, -0.1) is 0 Å². The molecule has 2 rings (SSSR count). The summed E-state index contributed by atoms with van der Waals surface area (Å²) in [5, 5.41) is -0.581. The van der Waals surface area contributed by atoms with Crippen LogP contribution in [0, 0.1) is 11.6 Å². The minimum absolute atomic E-state index is 0.00309. The molecule has 0 aliphatic carbocycles. The molecule has 0 N–H and O–H groups in total. The number of hydrogen-bond donors (Lipinski definition) is 0. The third-order valence-electron chi connectivity index (χ3n) is 3.52. The summed E-state index contributed by atoms with van der Waals surface area (Å²) in [6.07, 6.45) is 1.45. The van der Waals surface area contributed by atoms with Gasteiger partial charge in [-0.25, -0.2) is 25.6 Å². The minimum atomic E-state index is -4.08. The van der Waals surface area contributed by atoms with E-state index in [4.69, 9.17) is 0 Å². The van der Waals surface area contributed by atoms with Gasteiger partial charge in [0.1, 0.15) is 26.4 Å². The summed E-state index contributed by atoms with van der Waals surface area (Å²) in [4.78, 5) is -0.596. The van der Waals surface area contributed by atoms with Crippen molar-refractivity contribution in [3.8, 4) is 0 Å². The lowest BCUT2D eigenvalue weighted by Crippen LogP contribution is -2.42. The molecule has 0 unspecified atom stereocenters. The molecule has 0 saturated carbocycles. The average molecular weight is 339 g/mol. The van der Waals surface area contributed by atoms with Crippen molar-refractivity contribution in [3.63, 3.8) is 0 Å². The molecule has 9 heteroatoms.